The van der Waals surface area contributed by atoms with Crippen LogP contribution >= 0.6 is 0 Å². The van der Waals surface area contributed by atoms with Crippen LogP contribution < -0.4 is 0 Å². The highest BCUT2D eigenvalue weighted by Crippen LogP contribution is 2.33. The third-order valence-electron chi connectivity index (χ3n) is 4.19. The van der Waals surface area contributed by atoms with Gasteiger partial charge in [-0.1, -0.05) is 12.2 Å². The van der Waals surface area contributed by atoms with E-state index in [-0.39, 0.29) is 0 Å². The number of hydrogen-bond acceptors (Lipinski definition) is 2. The molecule has 0 N–H and O–H groups in total. The third kappa shape index (κ3) is 2.07. The highest BCUT2D eigenvalue weighted by atomic mass is 15.2. The highest BCUT2D eigenvalue weighted by Gasteiger charge is 2.17. The molecule has 3 aromatic rings. The second-order valence-electron chi connectivity index (χ2n) is 5.65. The first-order valence-corrected chi connectivity index (χ1v) is 7.44. The summed E-state index contributed by atoms with van der Waals surface area (Å²) in [6.45, 7) is 0. The van der Waals surface area contributed by atoms with Gasteiger partial charge in [0.25, 0.3) is 0 Å². The Hall–Kier alpha value is -2.36. The van der Waals surface area contributed by atoms with Gasteiger partial charge >= 0.3 is 0 Å². The van der Waals surface area contributed by atoms with Crippen LogP contribution in [0.15, 0.2) is 49.1 Å². The lowest BCUT2D eigenvalue weighted by Crippen LogP contribution is -2.08. The maximum atomic E-state index is 4.61. The summed E-state index contributed by atoms with van der Waals surface area (Å²) in [6, 6.07) is 4.57. The van der Waals surface area contributed by atoms with Crippen molar-refractivity contribution in [2.45, 2.75) is 25.3 Å². The number of pyridine rings is 1. The zero-order valence-electron chi connectivity index (χ0n) is 12.1. The van der Waals surface area contributed by atoms with E-state index >= 15 is 0 Å². The fourth-order valence-corrected chi connectivity index (χ4v) is 3.15. The molecule has 0 saturated carbocycles. The van der Waals surface area contributed by atoms with Crippen LogP contribution in [-0.2, 0) is 7.05 Å². The van der Waals surface area contributed by atoms with Crippen LogP contribution in [0.2, 0.25) is 0 Å². The summed E-state index contributed by atoms with van der Waals surface area (Å²) in [5.74, 6) is 0. The molecule has 0 amide bonds. The fourth-order valence-electron chi connectivity index (χ4n) is 3.15. The molecule has 106 valence electrons. The lowest BCUT2D eigenvalue weighted by atomic mass is 10.0. The first-order valence-electron chi connectivity index (χ1n) is 7.44. The Labute approximate surface area is 123 Å². The average molecular weight is 278 g/mol. The molecule has 4 heteroatoms. The van der Waals surface area contributed by atoms with Gasteiger partial charge in [-0.15, -0.1) is 0 Å². The lowest BCUT2D eigenvalue weighted by molar-refractivity contribution is 0.529. The second kappa shape index (κ2) is 4.88. The molecule has 1 aliphatic carbocycles. The van der Waals surface area contributed by atoms with Crippen LogP contribution in [0.1, 0.15) is 25.3 Å². The molecular formula is C17H18N4. The third-order valence-corrected chi connectivity index (χ3v) is 4.19. The number of aromatic nitrogens is 4. The van der Waals surface area contributed by atoms with Crippen LogP contribution in [-0.4, -0.2) is 19.3 Å². The zero-order chi connectivity index (χ0) is 14.2. The predicted octanol–water partition coefficient (Wildman–Crippen LogP) is 3.72. The first-order chi connectivity index (χ1) is 10.3. The molecule has 4 nitrogen and oxygen atoms in total. The van der Waals surface area contributed by atoms with Crippen LogP contribution in [0.3, 0.4) is 0 Å². The van der Waals surface area contributed by atoms with E-state index in [1.54, 1.807) is 0 Å². The van der Waals surface area contributed by atoms with Crippen molar-refractivity contribution >= 4 is 11.0 Å². The van der Waals surface area contributed by atoms with Crippen LogP contribution in [0.25, 0.3) is 22.2 Å². The number of nitrogens with zero attached hydrogens (tertiary/aromatic N) is 4. The summed E-state index contributed by atoms with van der Waals surface area (Å²) < 4.78 is 4.16. The minimum atomic E-state index is 0.418. The van der Waals surface area contributed by atoms with Crippen molar-refractivity contribution in [3.63, 3.8) is 0 Å². The van der Waals surface area contributed by atoms with Crippen molar-refractivity contribution in [2.24, 2.45) is 7.05 Å². The number of fused-ring (bicyclic) bond motifs is 1. The molecule has 1 aliphatic rings. The maximum Gasteiger partial charge on any atom is 0.141 e. The van der Waals surface area contributed by atoms with Gasteiger partial charge in [-0.2, -0.15) is 5.10 Å². The number of allylic oxidation sites excluding steroid dienone is 2. The van der Waals surface area contributed by atoms with E-state index in [1.165, 1.54) is 30.2 Å². The minimum Gasteiger partial charge on any atom is -0.325 e. The van der Waals surface area contributed by atoms with Crippen LogP contribution in [0.5, 0.6) is 0 Å². The number of aryl methyl sites for hydroxylation is 1. The normalized spacial score (nSPS) is 18.4. The van der Waals surface area contributed by atoms with Gasteiger partial charge in [0, 0.05) is 42.2 Å². The summed E-state index contributed by atoms with van der Waals surface area (Å²) in [7, 11) is 1.95. The van der Waals surface area contributed by atoms with Crippen LogP contribution in [0.4, 0.5) is 0 Å². The van der Waals surface area contributed by atoms with Crippen molar-refractivity contribution in [2.75, 3.05) is 0 Å². The van der Waals surface area contributed by atoms with Gasteiger partial charge in [-0.3, -0.25) is 4.68 Å². The molecule has 3 heterocycles. The molecule has 0 bridgehead atoms. The molecule has 3 aromatic heterocycles. The highest BCUT2D eigenvalue weighted by molar-refractivity contribution is 5.93. The Morgan fingerprint density at radius 3 is 3.00 bits per heavy atom. The lowest BCUT2D eigenvalue weighted by Gasteiger charge is -2.18. The molecule has 4 rings (SSSR count). The fraction of sp³-hybridized carbons (Fsp3) is 0.294. The van der Waals surface area contributed by atoms with E-state index in [0.717, 1.165) is 11.2 Å². The van der Waals surface area contributed by atoms with Crippen molar-refractivity contribution in [3.8, 4) is 11.1 Å². The summed E-state index contributed by atoms with van der Waals surface area (Å²) in [6.07, 6.45) is 16.3. The Balaban J connectivity index is 1.92. The Kier molecular flexibility index (Phi) is 2.88. The monoisotopic (exact) mass is 278 g/mol. The molecular weight excluding hydrogens is 260 g/mol. The Bertz CT molecular complexity index is 809. The van der Waals surface area contributed by atoms with Crippen molar-refractivity contribution in [1.82, 2.24) is 19.3 Å². The topological polar surface area (TPSA) is 35.6 Å². The van der Waals surface area contributed by atoms with Crippen molar-refractivity contribution in [1.29, 1.82) is 0 Å². The molecule has 0 radical (unpaired) electrons. The number of hydrogen-bond donors (Lipinski definition) is 0. The molecule has 0 saturated heterocycles. The molecule has 0 aromatic carbocycles. The molecule has 0 spiro atoms. The standard InChI is InChI=1S/C17H18N4/c1-20-11-13(10-19-20)16-12-21(14-6-3-2-4-7-14)17-15(16)8-5-9-18-17/h3,5-6,8-12,14H,2,4,7H2,1H3. The van der Waals surface area contributed by atoms with E-state index in [9.17, 15) is 0 Å². The SMILES string of the molecule is Cn1cc(-c2cn(C3C=CCCC3)c3ncccc23)cn1. The molecule has 1 atom stereocenters. The summed E-state index contributed by atoms with van der Waals surface area (Å²) >= 11 is 0. The van der Waals surface area contributed by atoms with E-state index < -0.39 is 0 Å². The minimum absolute atomic E-state index is 0.418. The van der Waals surface area contributed by atoms with Gasteiger partial charge in [0.1, 0.15) is 5.65 Å². The zero-order valence-corrected chi connectivity index (χ0v) is 12.1. The summed E-state index contributed by atoms with van der Waals surface area (Å²) in [5, 5.41) is 5.49. The summed E-state index contributed by atoms with van der Waals surface area (Å²) in [4.78, 5) is 4.61. The number of rotatable bonds is 2. The summed E-state index contributed by atoms with van der Waals surface area (Å²) in [5.41, 5.74) is 3.42. The Morgan fingerprint density at radius 1 is 1.29 bits per heavy atom. The van der Waals surface area contributed by atoms with Crippen molar-refractivity contribution < 1.29 is 0 Å². The maximum absolute atomic E-state index is 4.61. The molecule has 0 fully saturated rings. The largest absolute Gasteiger partial charge is 0.325 e. The van der Waals surface area contributed by atoms with E-state index in [0.29, 0.717) is 6.04 Å². The van der Waals surface area contributed by atoms with Gasteiger partial charge in [-0.05, 0) is 31.4 Å². The van der Waals surface area contributed by atoms with Crippen molar-refractivity contribution in [3.05, 3.63) is 49.1 Å². The molecule has 21 heavy (non-hydrogen) atoms. The van der Waals surface area contributed by atoms with Gasteiger partial charge < -0.3 is 4.57 Å². The predicted molar refractivity (Wildman–Crippen MR) is 84.0 cm³/mol. The average Bonchev–Trinajstić information content (AvgIpc) is 3.12. The first kappa shape index (κ1) is 12.4. The van der Waals surface area contributed by atoms with Gasteiger partial charge in [0.2, 0.25) is 0 Å². The van der Waals surface area contributed by atoms with Gasteiger partial charge in [0.05, 0.1) is 12.2 Å². The van der Waals surface area contributed by atoms with Gasteiger partial charge in [-0.25, -0.2) is 4.98 Å². The second-order valence-corrected chi connectivity index (χ2v) is 5.65. The van der Waals surface area contributed by atoms with E-state index in [1.807, 2.05) is 30.2 Å². The quantitative estimate of drug-likeness (QED) is 0.670. The molecule has 1 unspecified atom stereocenters. The van der Waals surface area contributed by atoms with E-state index in [4.69, 9.17) is 0 Å². The van der Waals surface area contributed by atoms with Gasteiger partial charge in [0.15, 0.2) is 0 Å². The molecule has 0 aliphatic heterocycles. The van der Waals surface area contributed by atoms with Crippen LogP contribution in [0, 0.1) is 0 Å². The smallest absolute Gasteiger partial charge is 0.141 e. The van der Waals surface area contributed by atoms with E-state index in [2.05, 4.69) is 45.3 Å². The Morgan fingerprint density at radius 2 is 2.24 bits per heavy atom.